The van der Waals surface area contributed by atoms with E-state index in [2.05, 4.69) is 21.5 Å². The molecule has 0 aliphatic carbocycles. The van der Waals surface area contributed by atoms with Crippen LogP contribution in [0.3, 0.4) is 0 Å². The number of ether oxygens (including phenoxy) is 1. The van der Waals surface area contributed by atoms with Crippen LogP contribution in [0.5, 0.6) is 5.75 Å². The molecule has 6 nitrogen and oxygen atoms in total. The summed E-state index contributed by atoms with van der Waals surface area (Å²) >= 11 is 0. The van der Waals surface area contributed by atoms with Gasteiger partial charge in [0.1, 0.15) is 11.4 Å². The number of nitrogens with one attached hydrogen (secondary N) is 1. The van der Waals surface area contributed by atoms with Crippen LogP contribution in [0.2, 0.25) is 0 Å². The average Bonchev–Trinajstić information content (AvgIpc) is 3.31. The normalized spacial score (nSPS) is 18.7. The van der Waals surface area contributed by atoms with Crippen molar-refractivity contribution >= 4 is 11.7 Å². The average molecular weight is 339 g/mol. The smallest absolute Gasteiger partial charge is 0.251 e. The molecule has 0 aromatic heterocycles. The van der Waals surface area contributed by atoms with Crippen molar-refractivity contribution in [2.45, 2.75) is 50.8 Å². The summed E-state index contributed by atoms with van der Waals surface area (Å²) in [5, 5.41) is 10.9. The van der Waals surface area contributed by atoms with Gasteiger partial charge in [0.25, 0.3) is 5.91 Å². The minimum Gasteiger partial charge on any atom is -0.487 e. The highest BCUT2D eigenvalue weighted by atomic mass is 16.5. The number of amides is 1. The molecule has 2 aliphatic rings. The summed E-state index contributed by atoms with van der Waals surface area (Å²) in [7, 11) is 0. The predicted molar refractivity (Wildman–Crippen MR) is 92.7 cm³/mol. The Bertz CT molecular complexity index is 784. The summed E-state index contributed by atoms with van der Waals surface area (Å²) in [5.74, 6) is 2.86. The van der Waals surface area contributed by atoms with Crippen LogP contribution < -0.4 is 10.1 Å². The maximum Gasteiger partial charge on any atom is 0.251 e. The first kappa shape index (κ1) is 17.2. The zero-order valence-corrected chi connectivity index (χ0v) is 14.5. The van der Waals surface area contributed by atoms with Gasteiger partial charge in [-0.15, -0.1) is 12.3 Å². The van der Waals surface area contributed by atoms with Gasteiger partial charge in [0.15, 0.2) is 11.4 Å². The van der Waals surface area contributed by atoms with E-state index < -0.39 is 11.3 Å². The number of nitrogens with zero attached hydrogens (tertiary/aromatic N) is 2. The number of terminal acetylenes is 1. The summed E-state index contributed by atoms with van der Waals surface area (Å²) in [6, 6.07) is 4.93. The third-order valence-electron chi connectivity index (χ3n) is 4.38. The van der Waals surface area contributed by atoms with Gasteiger partial charge in [-0.25, -0.2) is 0 Å². The van der Waals surface area contributed by atoms with E-state index in [-0.39, 0.29) is 11.7 Å². The van der Waals surface area contributed by atoms with Gasteiger partial charge in [0.2, 0.25) is 0 Å². The molecular weight excluding hydrogens is 318 g/mol. The Morgan fingerprint density at radius 2 is 2.12 bits per heavy atom. The van der Waals surface area contributed by atoms with Gasteiger partial charge >= 0.3 is 0 Å². The highest BCUT2D eigenvalue weighted by Crippen LogP contribution is 2.36. The van der Waals surface area contributed by atoms with E-state index in [1.54, 1.807) is 18.2 Å². The Hall–Kier alpha value is -2.68. The van der Waals surface area contributed by atoms with Crippen LogP contribution >= 0.6 is 0 Å². The van der Waals surface area contributed by atoms with E-state index in [9.17, 15) is 9.59 Å². The van der Waals surface area contributed by atoms with Crippen molar-refractivity contribution < 1.29 is 14.3 Å². The van der Waals surface area contributed by atoms with Gasteiger partial charge < -0.3 is 10.1 Å². The van der Waals surface area contributed by atoms with Crippen molar-refractivity contribution in [3.63, 3.8) is 0 Å². The first-order valence-electron chi connectivity index (χ1n) is 8.36. The lowest BCUT2D eigenvalue weighted by Gasteiger charge is -2.31. The van der Waals surface area contributed by atoms with Crippen molar-refractivity contribution in [1.29, 1.82) is 0 Å². The molecule has 2 heterocycles. The largest absolute Gasteiger partial charge is 0.487 e. The Balaban J connectivity index is 1.60. The second-order valence-corrected chi connectivity index (χ2v) is 7.07. The second-order valence-electron chi connectivity index (χ2n) is 7.07. The standard InChI is InChI=1S/C19H21N3O3/c1-4-5-8-19(21-22-19)9-10-20-17(24)13-6-7-14-15(23)12-18(2,3)25-16(14)11-13/h1,6-7,11H,5,8-10,12H2,2-3H3,(H,20,24). The molecule has 1 aromatic rings. The van der Waals surface area contributed by atoms with Crippen LogP contribution in [0.25, 0.3) is 0 Å². The van der Waals surface area contributed by atoms with Crippen molar-refractivity contribution in [2.75, 3.05) is 6.54 Å². The molecule has 0 saturated carbocycles. The number of rotatable bonds is 6. The van der Waals surface area contributed by atoms with Crippen molar-refractivity contribution in [3.8, 4) is 18.1 Å². The summed E-state index contributed by atoms with van der Waals surface area (Å²) in [5.41, 5.74) is 0.0263. The third kappa shape index (κ3) is 3.87. The minimum atomic E-state index is -0.558. The fraction of sp³-hybridized carbons (Fsp3) is 0.474. The summed E-state index contributed by atoms with van der Waals surface area (Å²) in [6.07, 6.45) is 7.56. The van der Waals surface area contributed by atoms with Crippen LogP contribution in [0, 0.1) is 12.3 Å². The summed E-state index contributed by atoms with van der Waals surface area (Å²) in [6.45, 7) is 4.18. The maximum absolute atomic E-state index is 12.3. The first-order chi connectivity index (χ1) is 11.8. The van der Waals surface area contributed by atoms with Crippen LogP contribution in [-0.4, -0.2) is 29.5 Å². The number of hydrogen-bond acceptors (Lipinski definition) is 5. The molecular formula is C19H21N3O3. The van der Waals surface area contributed by atoms with Gasteiger partial charge in [-0.1, -0.05) is 0 Å². The molecule has 0 bridgehead atoms. The van der Waals surface area contributed by atoms with E-state index in [0.717, 1.165) is 0 Å². The fourth-order valence-corrected chi connectivity index (χ4v) is 2.94. The van der Waals surface area contributed by atoms with Crippen molar-refractivity contribution in [2.24, 2.45) is 10.2 Å². The molecule has 1 amide bonds. The minimum absolute atomic E-state index is 0.0330. The highest BCUT2D eigenvalue weighted by molar-refractivity contribution is 6.02. The monoisotopic (exact) mass is 339 g/mol. The fourth-order valence-electron chi connectivity index (χ4n) is 2.94. The Morgan fingerprint density at radius 1 is 1.36 bits per heavy atom. The quantitative estimate of drug-likeness (QED) is 0.809. The molecule has 6 heteroatoms. The van der Waals surface area contributed by atoms with E-state index in [0.29, 0.717) is 49.1 Å². The van der Waals surface area contributed by atoms with Gasteiger partial charge in [-0.05, 0) is 32.0 Å². The summed E-state index contributed by atoms with van der Waals surface area (Å²) in [4.78, 5) is 24.5. The predicted octanol–water partition coefficient (Wildman–Crippen LogP) is 3.13. The summed E-state index contributed by atoms with van der Waals surface area (Å²) < 4.78 is 5.84. The van der Waals surface area contributed by atoms with Crippen molar-refractivity contribution in [1.82, 2.24) is 5.32 Å². The second kappa shape index (κ2) is 6.32. The third-order valence-corrected chi connectivity index (χ3v) is 4.38. The molecule has 3 rings (SSSR count). The van der Waals surface area contributed by atoms with Crippen LogP contribution in [0.4, 0.5) is 0 Å². The lowest BCUT2D eigenvalue weighted by atomic mass is 9.92. The Labute approximate surface area is 147 Å². The number of Topliss-reactive ketones (excluding diaryl/α,β-unsaturated/α-hetero) is 1. The van der Waals surface area contributed by atoms with Crippen LogP contribution in [0.15, 0.2) is 28.4 Å². The molecule has 0 unspecified atom stereocenters. The molecule has 130 valence electrons. The van der Waals surface area contributed by atoms with Gasteiger partial charge in [-0.2, -0.15) is 10.2 Å². The van der Waals surface area contributed by atoms with Crippen LogP contribution in [-0.2, 0) is 0 Å². The van der Waals surface area contributed by atoms with Crippen molar-refractivity contribution in [3.05, 3.63) is 29.3 Å². The molecule has 0 radical (unpaired) electrons. The Morgan fingerprint density at radius 3 is 2.80 bits per heavy atom. The maximum atomic E-state index is 12.3. The van der Waals surface area contributed by atoms with E-state index in [4.69, 9.17) is 11.2 Å². The molecule has 2 aliphatic heterocycles. The lowest BCUT2D eigenvalue weighted by Crippen LogP contribution is -2.36. The lowest BCUT2D eigenvalue weighted by molar-refractivity contribution is 0.0617. The first-order valence-corrected chi connectivity index (χ1v) is 8.36. The molecule has 1 aromatic carbocycles. The van der Waals surface area contributed by atoms with Gasteiger partial charge in [0, 0.05) is 31.4 Å². The van der Waals surface area contributed by atoms with Crippen LogP contribution in [0.1, 0.15) is 60.2 Å². The molecule has 0 fully saturated rings. The topological polar surface area (TPSA) is 80.1 Å². The van der Waals surface area contributed by atoms with E-state index in [1.807, 2.05) is 13.8 Å². The number of fused-ring (bicyclic) bond motifs is 1. The van der Waals surface area contributed by atoms with Gasteiger partial charge in [-0.3, -0.25) is 9.59 Å². The van der Waals surface area contributed by atoms with E-state index in [1.165, 1.54) is 0 Å². The van der Waals surface area contributed by atoms with Gasteiger partial charge in [0.05, 0.1) is 12.0 Å². The number of ketones is 1. The molecule has 0 spiro atoms. The molecule has 25 heavy (non-hydrogen) atoms. The van der Waals surface area contributed by atoms with E-state index >= 15 is 0 Å². The molecule has 0 saturated heterocycles. The zero-order chi connectivity index (χ0) is 18.1. The number of carbonyl (C=O) groups excluding carboxylic acids is 2. The molecule has 1 N–H and O–H groups in total. The SMILES string of the molecule is C#CCCC1(CCNC(=O)c2ccc3c(c2)OC(C)(C)CC3=O)N=N1. The number of hydrogen-bond donors (Lipinski definition) is 1. The highest BCUT2D eigenvalue weighted by Gasteiger charge is 2.38. The number of benzene rings is 1. The zero-order valence-electron chi connectivity index (χ0n) is 14.5. The Kier molecular flexibility index (Phi) is 4.34. The molecule has 0 atom stereocenters. The number of carbonyl (C=O) groups is 2.